The number of hydrogen-bond donors (Lipinski definition) is 6. The zero-order valence-electron chi connectivity index (χ0n) is 19.0. The minimum Gasteiger partial charge on any atom is -0.481 e. The van der Waals surface area contributed by atoms with E-state index in [2.05, 4.69) is 17.2 Å². The molecule has 0 bridgehead atoms. The fourth-order valence-electron chi connectivity index (χ4n) is 2.64. The van der Waals surface area contributed by atoms with Gasteiger partial charge in [-0.15, -0.1) is 0 Å². The summed E-state index contributed by atoms with van der Waals surface area (Å²) in [6.07, 6.45) is 12.6. The number of nitrogens with zero attached hydrogens (tertiary/aromatic N) is 1. The number of guanidine groups is 1. The fraction of sp³-hybridized carbons (Fsp3) is 0.810. The Morgan fingerprint density at radius 2 is 1.42 bits per heavy atom. The van der Waals surface area contributed by atoms with Gasteiger partial charge in [-0.2, -0.15) is 0 Å². The molecule has 1 atom stereocenters. The van der Waals surface area contributed by atoms with Gasteiger partial charge in [0.15, 0.2) is 5.96 Å². The summed E-state index contributed by atoms with van der Waals surface area (Å²) < 4.78 is 0. The van der Waals surface area contributed by atoms with Crippen molar-refractivity contribution in [1.29, 1.82) is 0 Å². The summed E-state index contributed by atoms with van der Waals surface area (Å²) in [4.78, 5) is 35.5. The van der Waals surface area contributed by atoms with E-state index in [9.17, 15) is 14.4 Å². The molecular formula is C21H43N5O5. The Labute approximate surface area is 186 Å². The first-order chi connectivity index (χ1) is 14.7. The van der Waals surface area contributed by atoms with Crippen molar-refractivity contribution in [2.45, 2.75) is 96.4 Å². The molecule has 182 valence electrons. The highest BCUT2D eigenvalue weighted by atomic mass is 16.4. The lowest BCUT2D eigenvalue weighted by Crippen LogP contribution is -2.30. The zero-order chi connectivity index (χ0) is 23.9. The van der Waals surface area contributed by atoms with Crippen LogP contribution in [0.1, 0.15) is 90.4 Å². The van der Waals surface area contributed by atoms with E-state index in [1.807, 2.05) is 0 Å². The maximum Gasteiger partial charge on any atom is 0.320 e. The molecule has 0 aromatic carbocycles. The van der Waals surface area contributed by atoms with Crippen LogP contribution in [0, 0.1) is 0 Å². The Morgan fingerprint density at radius 1 is 0.871 bits per heavy atom. The van der Waals surface area contributed by atoms with Gasteiger partial charge in [-0.3, -0.25) is 19.4 Å². The predicted octanol–water partition coefficient (Wildman–Crippen LogP) is 1.95. The summed E-state index contributed by atoms with van der Waals surface area (Å²) in [7, 11) is 0. The first-order valence-electron chi connectivity index (χ1n) is 11.2. The number of unbranched alkanes of at least 4 members (excludes halogenated alkanes) is 8. The van der Waals surface area contributed by atoms with Crippen molar-refractivity contribution in [2.75, 3.05) is 13.1 Å². The van der Waals surface area contributed by atoms with Crippen LogP contribution in [-0.2, 0) is 14.4 Å². The molecule has 1 amide bonds. The van der Waals surface area contributed by atoms with Gasteiger partial charge in [-0.25, -0.2) is 0 Å². The lowest BCUT2D eigenvalue weighted by molar-refractivity contribution is -0.139. The number of hydrogen-bond acceptors (Lipinski definition) is 5. The van der Waals surface area contributed by atoms with Gasteiger partial charge in [-0.05, 0) is 19.3 Å². The Bertz CT molecular complexity index is 510. The van der Waals surface area contributed by atoms with Gasteiger partial charge in [0.25, 0.3) is 0 Å². The second kappa shape index (κ2) is 22.3. The molecule has 31 heavy (non-hydrogen) atoms. The van der Waals surface area contributed by atoms with Gasteiger partial charge in [0, 0.05) is 19.5 Å². The molecule has 1 unspecified atom stereocenters. The van der Waals surface area contributed by atoms with E-state index in [1.54, 1.807) is 0 Å². The number of nitrogens with one attached hydrogen (secondary N) is 1. The number of aliphatic imine (C=N–C) groups is 1. The van der Waals surface area contributed by atoms with Crippen molar-refractivity contribution in [3.05, 3.63) is 0 Å². The summed E-state index contributed by atoms with van der Waals surface area (Å²) >= 11 is 0. The van der Waals surface area contributed by atoms with Gasteiger partial charge in [-0.1, -0.05) is 58.3 Å². The number of rotatable bonds is 18. The van der Waals surface area contributed by atoms with Gasteiger partial charge in [0.1, 0.15) is 6.04 Å². The van der Waals surface area contributed by atoms with Crippen molar-refractivity contribution in [2.24, 2.45) is 22.2 Å². The second-order valence-electron chi connectivity index (χ2n) is 7.47. The van der Waals surface area contributed by atoms with Crippen LogP contribution in [0.5, 0.6) is 0 Å². The molecule has 0 radical (unpaired) electrons. The Kier molecular flexibility index (Phi) is 22.2. The monoisotopic (exact) mass is 445 g/mol. The fourth-order valence-corrected chi connectivity index (χ4v) is 2.64. The van der Waals surface area contributed by atoms with Crippen LogP contribution in [-0.4, -0.2) is 53.1 Å². The average molecular weight is 446 g/mol. The van der Waals surface area contributed by atoms with Crippen molar-refractivity contribution in [3.63, 3.8) is 0 Å². The van der Waals surface area contributed by atoms with Crippen LogP contribution in [0.25, 0.3) is 0 Å². The first-order valence-corrected chi connectivity index (χ1v) is 11.2. The number of nitrogens with two attached hydrogens (primary N) is 3. The molecule has 9 N–H and O–H groups in total. The Balaban J connectivity index is 0. The normalized spacial score (nSPS) is 11.0. The number of aliphatic carboxylic acids is 2. The van der Waals surface area contributed by atoms with Gasteiger partial charge >= 0.3 is 11.9 Å². The maximum atomic E-state index is 11.3. The number of carbonyl (C=O) groups excluding carboxylic acids is 1. The molecule has 10 nitrogen and oxygen atoms in total. The molecular weight excluding hydrogens is 402 g/mol. The summed E-state index contributed by atoms with van der Waals surface area (Å²) in [5, 5.41) is 19.4. The molecule has 0 rings (SSSR count). The van der Waals surface area contributed by atoms with Crippen molar-refractivity contribution >= 4 is 23.8 Å². The molecule has 0 aromatic rings. The summed E-state index contributed by atoms with van der Waals surface area (Å²) in [5.41, 5.74) is 15.3. The van der Waals surface area contributed by atoms with E-state index in [1.165, 1.54) is 44.9 Å². The van der Waals surface area contributed by atoms with E-state index in [4.69, 9.17) is 27.4 Å². The van der Waals surface area contributed by atoms with Crippen LogP contribution in [0.4, 0.5) is 0 Å². The first kappa shape index (κ1) is 30.8. The van der Waals surface area contributed by atoms with Crippen LogP contribution in [0.15, 0.2) is 4.99 Å². The minimum atomic E-state index is -1.00. The van der Waals surface area contributed by atoms with Crippen molar-refractivity contribution < 1.29 is 24.6 Å². The summed E-state index contributed by atoms with van der Waals surface area (Å²) in [6, 6.07) is -0.820. The van der Waals surface area contributed by atoms with Crippen molar-refractivity contribution in [3.8, 4) is 0 Å². The Morgan fingerprint density at radius 3 is 1.90 bits per heavy atom. The highest BCUT2D eigenvalue weighted by Crippen LogP contribution is 2.10. The van der Waals surface area contributed by atoms with Crippen molar-refractivity contribution in [1.82, 2.24) is 5.32 Å². The maximum absolute atomic E-state index is 11.3. The van der Waals surface area contributed by atoms with Gasteiger partial charge in [0.05, 0.1) is 6.42 Å². The number of carboxylic acid groups (broad SMARTS) is 2. The van der Waals surface area contributed by atoms with Crippen LogP contribution >= 0.6 is 0 Å². The smallest absolute Gasteiger partial charge is 0.320 e. The molecule has 0 saturated heterocycles. The van der Waals surface area contributed by atoms with E-state index in [0.717, 1.165) is 12.8 Å². The molecule has 10 heteroatoms. The highest BCUT2D eigenvalue weighted by molar-refractivity contribution is 5.76. The highest BCUT2D eigenvalue weighted by Gasteiger charge is 2.09. The van der Waals surface area contributed by atoms with E-state index in [0.29, 0.717) is 25.8 Å². The number of carboxylic acids is 2. The summed E-state index contributed by atoms with van der Waals surface area (Å²) in [5.74, 6) is -1.88. The van der Waals surface area contributed by atoms with E-state index in [-0.39, 0.29) is 24.8 Å². The topological polar surface area (TPSA) is 194 Å². The number of amides is 1. The zero-order valence-corrected chi connectivity index (χ0v) is 19.0. The molecule has 0 saturated carbocycles. The van der Waals surface area contributed by atoms with Crippen LogP contribution < -0.4 is 22.5 Å². The standard InChI is InChI=1S/C15H29NO3.C6H14N4O2/c1-2-3-4-5-6-7-8-9-10-11-14(17)16-13-12-15(18)19;7-4(5(11)12)2-1-3-10-6(8)9/h2-13H2,1H3,(H,16,17)(H,18,19);4H,1-3,7H2,(H,11,12)(H4,8,9,10). The van der Waals surface area contributed by atoms with E-state index < -0.39 is 18.0 Å². The third kappa shape index (κ3) is 27.6. The second-order valence-corrected chi connectivity index (χ2v) is 7.47. The van der Waals surface area contributed by atoms with Gasteiger partial charge in [0.2, 0.25) is 5.91 Å². The summed E-state index contributed by atoms with van der Waals surface area (Å²) in [6.45, 7) is 2.89. The van der Waals surface area contributed by atoms with Gasteiger partial charge < -0.3 is 32.7 Å². The largest absolute Gasteiger partial charge is 0.481 e. The molecule has 0 fully saturated rings. The molecule has 0 aromatic heterocycles. The number of carbonyl (C=O) groups is 3. The minimum absolute atomic E-state index is 0.00347. The molecule has 0 spiro atoms. The quantitative estimate of drug-likeness (QED) is 0.105. The SMILES string of the molecule is CCCCCCCCCCCC(=O)NCCC(=O)O.NC(N)=NCCCC(N)C(=O)O. The Hall–Kier alpha value is -2.36. The average Bonchev–Trinajstić information content (AvgIpc) is 2.69. The molecule has 0 aliphatic rings. The molecule has 0 aliphatic carbocycles. The lowest BCUT2D eigenvalue weighted by atomic mass is 10.1. The molecule has 0 heterocycles. The van der Waals surface area contributed by atoms with Crippen LogP contribution in [0.2, 0.25) is 0 Å². The lowest BCUT2D eigenvalue weighted by Gasteiger charge is -2.04. The predicted molar refractivity (Wildman–Crippen MR) is 123 cm³/mol. The van der Waals surface area contributed by atoms with E-state index >= 15 is 0 Å². The van der Waals surface area contributed by atoms with Crippen LogP contribution in [0.3, 0.4) is 0 Å². The molecule has 0 aliphatic heterocycles. The third-order valence-corrected chi connectivity index (χ3v) is 4.45. The third-order valence-electron chi connectivity index (χ3n) is 4.45.